The fourth-order valence-corrected chi connectivity index (χ4v) is 2.92. The number of pyridine rings is 1. The molecule has 94 valence electrons. The highest BCUT2D eigenvalue weighted by molar-refractivity contribution is 5.94. The molecule has 18 heavy (non-hydrogen) atoms. The highest BCUT2D eigenvalue weighted by atomic mass is 16.5. The molecule has 4 heteroatoms. The summed E-state index contributed by atoms with van der Waals surface area (Å²) in [4.78, 5) is 14.8. The van der Waals surface area contributed by atoms with Crippen LogP contribution in [0.3, 0.4) is 0 Å². The molecule has 4 nitrogen and oxygen atoms in total. The first kappa shape index (κ1) is 11.1. The average Bonchev–Trinajstić information content (AvgIpc) is 2.85. The van der Waals surface area contributed by atoms with Gasteiger partial charge < -0.3 is 14.5 Å². The molecule has 0 aliphatic heterocycles. The zero-order chi connectivity index (χ0) is 12.7. The lowest BCUT2D eigenvalue weighted by Gasteiger charge is -2.15. The predicted molar refractivity (Wildman–Crippen MR) is 69.7 cm³/mol. The van der Waals surface area contributed by atoms with Crippen LogP contribution in [0, 0.1) is 0 Å². The number of aryl methyl sites for hydroxylation is 1. The Kier molecular flexibility index (Phi) is 2.51. The van der Waals surface area contributed by atoms with Gasteiger partial charge in [-0.3, -0.25) is 4.79 Å². The Hall–Kier alpha value is -1.97. The van der Waals surface area contributed by atoms with Crippen LogP contribution in [0.15, 0.2) is 17.1 Å². The number of H-pyrrole nitrogens is 1. The van der Waals surface area contributed by atoms with Crippen molar-refractivity contribution in [3.8, 4) is 11.5 Å². The number of rotatable bonds is 2. The second-order valence-corrected chi connectivity index (χ2v) is 4.47. The fourth-order valence-electron chi connectivity index (χ4n) is 2.92. The Bertz CT molecular complexity index is 673. The molecule has 0 saturated heterocycles. The van der Waals surface area contributed by atoms with E-state index in [1.165, 1.54) is 0 Å². The van der Waals surface area contributed by atoms with Crippen LogP contribution < -0.4 is 15.0 Å². The van der Waals surface area contributed by atoms with E-state index in [4.69, 9.17) is 9.47 Å². The summed E-state index contributed by atoms with van der Waals surface area (Å²) in [6.45, 7) is 0. The van der Waals surface area contributed by atoms with Crippen LogP contribution in [0.4, 0.5) is 0 Å². The topological polar surface area (TPSA) is 51.3 Å². The second-order valence-electron chi connectivity index (χ2n) is 4.47. The third-order valence-corrected chi connectivity index (χ3v) is 3.61. The quantitative estimate of drug-likeness (QED) is 0.880. The Balaban J connectivity index is 2.54. The van der Waals surface area contributed by atoms with Gasteiger partial charge in [0, 0.05) is 17.1 Å². The number of aromatic nitrogens is 1. The third-order valence-electron chi connectivity index (χ3n) is 3.61. The maximum Gasteiger partial charge on any atom is 0.256 e. The molecule has 1 aromatic carbocycles. The second kappa shape index (κ2) is 4.05. The molecule has 0 bridgehead atoms. The molecule has 0 fully saturated rings. The molecule has 1 heterocycles. The summed E-state index contributed by atoms with van der Waals surface area (Å²) in [5.74, 6) is 1.45. The number of hydrogen-bond donors (Lipinski definition) is 1. The Morgan fingerprint density at radius 1 is 1.11 bits per heavy atom. The molecule has 0 saturated carbocycles. The van der Waals surface area contributed by atoms with Crippen LogP contribution in [-0.2, 0) is 12.8 Å². The summed E-state index contributed by atoms with van der Waals surface area (Å²) in [7, 11) is 3.26. The van der Waals surface area contributed by atoms with Crippen LogP contribution in [0.5, 0.6) is 11.5 Å². The summed E-state index contributed by atoms with van der Waals surface area (Å²) in [5.41, 5.74) is 2.19. The van der Waals surface area contributed by atoms with E-state index < -0.39 is 0 Å². The van der Waals surface area contributed by atoms with E-state index in [0.29, 0.717) is 5.75 Å². The van der Waals surface area contributed by atoms with E-state index in [1.54, 1.807) is 20.4 Å². The lowest BCUT2D eigenvalue weighted by molar-refractivity contribution is 0.355. The van der Waals surface area contributed by atoms with E-state index >= 15 is 0 Å². The minimum Gasteiger partial charge on any atom is -0.493 e. The van der Waals surface area contributed by atoms with E-state index in [0.717, 1.165) is 46.9 Å². The first-order chi connectivity index (χ1) is 8.77. The molecule has 1 aliphatic carbocycles. The molecule has 0 spiro atoms. The number of ether oxygens (including phenoxy) is 2. The van der Waals surface area contributed by atoms with Crippen molar-refractivity contribution in [1.82, 2.24) is 4.98 Å². The molecule has 1 aromatic heterocycles. The smallest absolute Gasteiger partial charge is 0.256 e. The van der Waals surface area contributed by atoms with Crippen LogP contribution in [0.1, 0.15) is 17.5 Å². The molecule has 0 atom stereocenters. The monoisotopic (exact) mass is 245 g/mol. The molecule has 1 aliphatic rings. The number of hydrogen-bond acceptors (Lipinski definition) is 3. The van der Waals surface area contributed by atoms with Crippen LogP contribution in [0.25, 0.3) is 10.8 Å². The minimum atomic E-state index is -0.0494. The van der Waals surface area contributed by atoms with Gasteiger partial charge in [0.05, 0.1) is 19.6 Å². The highest BCUT2D eigenvalue weighted by Crippen LogP contribution is 2.43. The standard InChI is InChI=1S/C14H15NO3/c1-17-12-9-5-3-4-8(9)11-10(13(12)18-2)6-7-15-14(11)16/h6-7H,3-5H2,1-2H3,(H,15,16). The van der Waals surface area contributed by atoms with Gasteiger partial charge in [-0.2, -0.15) is 0 Å². The molecule has 3 rings (SSSR count). The third kappa shape index (κ3) is 1.35. The number of benzene rings is 1. The predicted octanol–water partition coefficient (Wildman–Crippen LogP) is 2.03. The number of aromatic amines is 1. The van der Waals surface area contributed by atoms with Crippen molar-refractivity contribution < 1.29 is 9.47 Å². The van der Waals surface area contributed by atoms with Gasteiger partial charge in [-0.25, -0.2) is 0 Å². The highest BCUT2D eigenvalue weighted by Gasteiger charge is 2.25. The zero-order valence-electron chi connectivity index (χ0n) is 10.5. The molecular weight excluding hydrogens is 230 g/mol. The maximum atomic E-state index is 12.1. The summed E-state index contributed by atoms with van der Waals surface area (Å²) in [6.07, 6.45) is 4.58. The molecular formula is C14H15NO3. The van der Waals surface area contributed by atoms with Gasteiger partial charge in [0.15, 0.2) is 11.5 Å². The van der Waals surface area contributed by atoms with Crippen molar-refractivity contribution in [2.24, 2.45) is 0 Å². The molecule has 2 aromatic rings. The molecule has 0 amide bonds. The van der Waals surface area contributed by atoms with Gasteiger partial charge >= 0.3 is 0 Å². The normalized spacial score (nSPS) is 13.7. The van der Waals surface area contributed by atoms with Crippen molar-refractivity contribution in [1.29, 1.82) is 0 Å². The van der Waals surface area contributed by atoms with E-state index in [9.17, 15) is 4.79 Å². The number of fused-ring (bicyclic) bond motifs is 3. The largest absolute Gasteiger partial charge is 0.493 e. The van der Waals surface area contributed by atoms with Crippen LogP contribution in [-0.4, -0.2) is 19.2 Å². The average molecular weight is 245 g/mol. The van der Waals surface area contributed by atoms with Gasteiger partial charge in [-0.05, 0) is 30.9 Å². The lowest BCUT2D eigenvalue weighted by atomic mass is 10.00. The first-order valence-electron chi connectivity index (χ1n) is 6.05. The Labute approximate surface area is 105 Å². The van der Waals surface area contributed by atoms with E-state index in [1.807, 2.05) is 6.07 Å². The fraction of sp³-hybridized carbons (Fsp3) is 0.357. The van der Waals surface area contributed by atoms with Crippen molar-refractivity contribution in [3.63, 3.8) is 0 Å². The van der Waals surface area contributed by atoms with Crippen molar-refractivity contribution in [2.45, 2.75) is 19.3 Å². The van der Waals surface area contributed by atoms with Crippen molar-refractivity contribution >= 4 is 10.8 Å². The summed E-state index contributed by atoms with van der Waals surface area (Å²) in [6, 6.07) is 1.87. The summed E-state index contributed by atoms with van der Waals surface area (Å²) in [5, 5.41) is 1.58. The zero-order valence-corrected chi connectivity index (χ0v) is 10.5. The van der Waals surface area contributed by atoms with Crippen molar-refractivity contribution in [2.75, 3.05) is 14.2 Å². The van der Waals surface area contributed by atoms with Crippen LogP contribution in [0.2, 0.25) is 0 Å². The van der Waals surface area contributed by atoms with Gasteiger partial charge in [0.2, 0.25) is 0 Å². The lowest BCUT2D eigenvalue weighted by Crippen LogP contribution is -2.09. The Morgan fingerprint density at radius 3 is 2.56 bits per heavy atom. The maximum absolute atomic E-state index is 12.1. The minimum absolute atomic E-state index is 0.0494. The molecule has 1 N–H and O–H groups in total. The van der Waals surface area contributed by atoms with Gasteiger partial charge in [0.25, 0.3) is 5.56 Å². The SMILES string of the molecule is COc1c2c(c3c(=O)[nH]ccc3c1OC)CCC2. The van der Waals surface area contributed by atoms with E-state index in [2.05, 4.69) is 4.98 Å². The van der Waals surface area contributed by atoms with Gasteiger partial charge in [0.1, 0.15) is 0 Å². The first-order valence-corrected chi connectivity index (χ1v) is 6.05. The Morgan fingerprint density at radius 2 is 1.83 bits per heavy atom. The summed E-state index contributed by atoms with van der Waals surface area (Å²) >= 11 is 0. The van der Waals surface area contributed by atoms with Crippen molar-refractivity contribution in [3.05, 3.63) is 33.7 Å². The van der Waals surface area contributed by atoms with Gasteiger partial charge in [-0.15, -0.1) is 0 Å². The number of methoxy groups -OCH3 is 2. The van der Waals surface area contributed by atoms with Crippen LogP contribution >= 0.6 is 0 Å². The summed E-state index contributed by atoms with van der Waals surface area (Å²) < 4.78 is 10.9. The number of nitrogens with one attached hydrogen (secondary N) is 1. The molecule has 0 radical (unpaired) electrons. The van der Waals surface area contributed by atoms with Gasteiger partial charge in [-0.1, -0.05) is 0 Å². The van der Waals surface area contributed by atoms with E-state index in [-0.39, 0.29) is 5.56 Å². The molecule has 0 unspecified atom stereocenters.